The molecule has 0 spiro atoms. The first-order valence-electron chi connectivity index (χ1n) is 6.09. The predicted molar refractivity (Wildman–Crippen MR) is 63.6 cm³/mol. The summed E-state index contributed by atoms with van der Waals surface area (Å²) >= 11 is 0. The maximum absolute atomic E-state index is 12.1. The van der Waals surface area contributed by atoms with Crippen LogP contribution in [0.4, 0.5) is 0 Å². The Bertz CT molecular complexity index is 221. The monoisotopic (exact) mass is 211 g/mol. The van der Waals surface area contributed by atoms with Gasteiger partial charge in [-0.3, -0.25) is 4.79 Å². The molecule has 1 amide bonds. The van der Waals surface area contributed by atoms with Crippen LogP contribution in [0.15, 0.2) is 0 Å². The topological polar surface area (TPSA) is 20.3 Å². The summed E-state index contributed by atoms with van der Waals surface area (Å²) < 4.78 is 0. The molecule has 88 valence electrons. The summed E-state index contributed by atoms with van der Waals surface area (Å²) in [6, 6.07) is 0.480. The van der Waals surface area contributed by atoms with Gasteiger partial charge in [-0.15, -0.1) is 0 Å². The summed E-state index contributed by atoms with van der Waals surface area (Å²) in [5.41, 5.74) is -0.238. The molecule has 2 heteroatoms. The van der Waals surface area contributed by atoms with Crippen molar-refractivity contribution < 1.29 is 4.79 Å². The summed E-state index contributed by atoms with van der Waals surface area (Å²) in [5.74, 6) is 1.13. The lowest BCUT2D eigenvalue weighted by molar-refractivity contribution is -0.141. The zero-order valence-corrected chi connectivity index (χ0v) is 10.8. The Morgan fingerprint density at radius 3 is 2.00 bits per heavy atom. The van der Waals surface area contributed by atoms with Gasteiger partial charge >= 0.3 is 0 Å². The van der Waals surface area contributed by atoms with E-state index in [1.807, 2.05) is 32.7 Å². The van der Waals surface area contributed by atoms with Crippen molar-refractivity contribution in [3.63, 3.8) is 0 Å². The van der Waals surface area contributed by atoms with Crippen molar-refractivity contribution >= 4 is 5.91 Å². The van der Waals surface area contributed by atoms with Crippen LogP contribution in [0.5, 0.6) is 0 Å². The van der Waals surface area contributed by atoms with Gasteiger partial charge in [0.25, 0.3) is 0 Å². The highest BCUT2D eigenvalue weighted by Crippen LogP contribution is 2.28. The molecule has 1 fully saturated rings. The zero-order valence-electron chi connectivity index (χ0n) is 10.8. The normalized spacial score (nSPS) is 27.5. The van der Waals surface area contributed by atoms with E-state index >= 15 is 0 Å². The van der Waals surface area contributed by atoms with E-state index in [2.05, 4.69) is 6.92 Å². The molecule has 1 rings (SSSR count). The standard InChI is InChI=1S/C13H25NO/c1-10-6-8-11(9-7-10)14(5)12(15)13(2,3)4/h10-11H,6-9H2,1-5H3/t10-,11-. The van der Waals surface area contributed by atoms with Crippen LogP contribution in [0.1, 0.15) is 53.4 Å². The van der Waals surface area contributed by atoms with E-state index in [1.54, 1.807) is 0 Å². The molecule has 0 bridgehead atoms. The second kappa shape index (κ2) is 4.54. The molecule has 2 nitrogen and oxygen atoms in total. The van der Waals surface area contributed by atoms with Crippen LogP contribution in [0.3, 0.4) is 0 Å². The molecule has 0 aliphatic heterocycles. The maximum atomic E-state index is 12.1. The van der Waals surface area contributed by atoms with E-state index in [4.69, 9.17) is 0 Å². The van der Waals surface area contributed by atoms with Crippen LogP contribution in [0.25, 0.3) is 0 Å². The number of nitrogens with zero attached hydrogens (tertiary/aromatic N) is 1. The Balaban J connectivity index is 2.54. The van der Waals surface area contributed by atoms with Crippen molar-refractivity contribution in [1.29, 1.82) is 0 Å². The van der Waals surface area contributed by atoms with Gasteiger partial charge in [-0.05, 0) is 31.6 Å². The molecule has 0 N–H and O–H groups in total. The third-order valence-electron chi connectivity index (χ3n) is 3.50. The number of rotatable bonds is 1. The van der Waals surface area contributed by atoms with E-state index in [0.29, 0.717) is 6.04 Å². The first-order valence-corrected chi connectivity index (χ1v) is 6.09. The van der Waals surface area contributed by atoms with Gasteiger partial charge in [0.1, 0.15) is 0 Å². The smallest absolute Gasteiger partial charge is 0.227 e. The van der Waals surface area contributed by atoms with Gasteiger partial charge in [-0.1, -0.05) is 27.7 Å². The minimum Gasteiger partial charge on any atom is -0.342 e. The second-order valence-electron chi connectivity index (χ2n) is 6.08. The Labute approximate surface area is 94.0 Å². The van der Waals surface area contributed by atoms with Crippen molar-refractivity contribution in [2.45, 2.75) is 59.4 Å². The molecule has 0 radical (unpaired) electrons. The van der Waals surface area contributed by atoms with E-state index in [-0.39, 0.29) is 11.3 Å². The lowest BCUT2D eigenvalue weighted by Crippen LogP contribution is -2.44. The largest absolute Gasteiger partial charge is 0.342 e. The lowest BCUT2D eigenvalue weighted by Gasteiger charge is -2.36. The molecular weight excluding hydrogens is 186 g/mol. The van der Waals surface area contributed by atoms with E-state index in [9.17, 15) is 4.79 Å². The predicted octanol–water partition coefficient (Wildman–Crippen LogP) is 3.07. The number of carbonyl (C=O) groups is 1. The molecule has 0 aromatic carbocycles. The highest BCUT2D eigenvalue weighted by molar-refractivity contribution is 5.81. The third-order valence-corrected chi connectivity index (χ3v) is 3.50. The van der Waals surface area contributed by atoms with Crippen LogP contribution in [-0.4, -0.2) is 23.9 Å². The molecule has 0 aromatic rings. The van der Waals surface area contributed by atoms with Crippen molar-refractivity contribution in [2.24, 2.45) is 11.3 Å². The molecular formula is C13H25NO. The zero-order chi connectivity index (χ0) is 11.6. The molecule has 0 atom stereocenters. The van der Waals surface area contributed by atoms with Crippen molar-refractivity contribution in [3.05, 3.63) is 0 Å². The van der Waals surface area contributed by atoms with Crippen LogP contribution < -0.4 is 0 Å². The Hall–Kier alpha value is -0.530. The number of hydrogen-bond acceptors (Lipinski definition) is 1. The van der Waals surface area contributed by atoms with Gasteiger partial charge in [0.15, 0.2) is 0 Å². The van der Waals surface area contributed by atoms with Crippen molar-refractivity contribution in [2.75, 3.05) is 7.05 Å². The molecule has 15 heavy (non-hydrogen) atoms. The fourth-order valence-corrected chi connectivity index (χ4v) is 2.32. The first kappa shape index (κ1) is 12.5. The van der Waals surface area contributed by atoms with Gasteiger partial charge in [0, 0.05) is 18.5 Å². The third kappa shape index (κ3) is 3.22. The average molecular weight is 211 g/mol. The maximum Gasteiger partial charge on any atom is 0.227 e. The highest BCUT2D eigenvalue weighted by atomic mass is 16.2. The Morgan fingerprint density at radius 2 is 1.60 bits per heavy atom. The summed E-state index contributed by atoms with van der Waals surface area (Å²) in [4.78, 5) is 14.0. The summed E-state index contributed by atoms with van der Waals surface area (Å²) in [6.07, 6.45) is 4.90. The Kier molecular flexibility index (Phi) is 3.80. The fourth-order valence-electron chi connectivity index (χ4n) is 2.32. The first-order chi connectivity index (χ1) is 6.82. The summed E-state index contributed by atoms with van der Waals surface area (Å²) in [5, 5.41) is 0. The van der Waals surface area contributed by atoms with Crippen LogP contribution in [0.2, 0.25) is 0 Å². The number of amides is 1. The van der Waals surface area contributed by atoms with Gasteiger partial charge in [0.05, 0.1) is 0 Å². The lowest BCUT2D eigenvalue weighted by atomic mass is 9.85. The molecule has 0 saturated heterocycles. The summed E-state index contributed by atoms with van der Waals surface area (Å²) in [7, 11) is 1.97. The van der Waals surface area contributed by atoms with Gasteiger partial charge < -0.3 is 4.90 Å². The molecule has 0 heterocycles. The van der Waals surface area contributed by atoms with Gasteiger partial charge in [-0.2, -0.15) is 0 Å². The van der Waals surface area contributed by atoms with Crippen LogP contribution in [0, 0.1) is 11.3 Å². The highest BCUT2D eigenvalue weighted by Gasteiger charge is 2.30. The average Bonchev–Trinajstić information content (AvgIpc) is 2.15. The molecule has 0 aromatic heterocycles. The summed E-state index contributed by atoms with van der Waals surface area (Å²) in [6.45, 7) is 8.30. The van der Waals surface area contributed by atoms with Crippen LogP contribution in [-0.2, 0) is 4.79 Å². The SMILES string of the molecule is CN(C(=O)C(C)(C)C)[C@H]1CC[C@H](C)CC1. The van der Waals surface area contributed by atoms with Crippen molar-refractivity contribution in [1.82, 2.24) is 4.90 Å². The quantitative estimate of drug-likeness (QED) is 0.652. The number of hydrogen-bond donors (Lipinski definition) is 0. The number of carbonyl (C=O) groups excluding carboxylic acids is 1. The van der Waals surface area contributed by atoms with E-state index < -0.39 is 0 Å². The second-order valence-corrected chi connectivity index (χ2v) is 6.08. The molecule has 1 saturated carbocycles. The van der Waals surface area contributed by atoms with Crippen LogP contribution >= 0.6 is 0 Å². The van der Waals surface area contributed by atoms with Gasteiger partial charge in [-0.25, -0.2) is 0 Å². The molecule has 1 aliphatic rings. The molecule has 1 aliphatic carbocycles. The Morgan fingerprint density at radius 1 is 1.13 bits per heavy atom. The van der Waals surface area contributed by atoms with Gasteiger partial charge in [0.2, 0.25) is 5.91 Å². The fraction of sp³-hybridized carbons (Fsp3) is 0.923. The van der Waals surface area contributed by atoms with Crippen molar-refractivity contribution in [3.8, 4) is 0 Å². The minimum atomic E-state index is -0.238. The van der Waals surface area contributed by atoms with E-state index in [1.165, 1.54) is 25.7 Å². The van der Waals surface area contributed by atoms with E-state index in [0.717, 1.165) is 5.92 Å². The molecule has 0 unspecified atom stereocenters. The minimum absolute atomic E-state index is 0.238.